The Morgan fingerprint density at radius 2 is 1.01 bits per heavy atom. The highest BCUT2D eigenvalue weighted by molar-refractivity contribution is 6.31. The summed E-state index contributed by atoms with van der Waals surface area (Å²) < 4.78 is 28.9. The van der Waals surface area contributed by atoms with Crippen LogP contribution in [-0.4, -0.2) is 69.1 Å². The van der Waals surface area contributed by atoms with Crippen LogP contribution >= 0.6 is 11.6 Å². The number of aryl methyl sites for hydroxylation is 2. The summed E-state index contributed by atoms with van der Waals surface area (Å²) in [6, 6.07) is 61.0. The van der Waals surface area contributed by atoms with E-state index in [1.807, 2.05) is 80.6 Å². The molecule has 0 spiro atoms. The summed E-state index contributed by atoms with van der Waals surface area (Å²) in [5, 5.41) is 41.6. The molecule has 1 aromatic heterocycles. The van der Waals surface area contributed by atoms with Crippen molar-refractivity contribution in [2.45, 2.75) is 241 Å². The minimum atomic E-state index is -0.441. The van der Waals surface area contributed by atoms with Gasteiger partial charge in [0.15, 0.2) is 6.39 Å². The van der Waals surface area contributed by atoms with Crippen molar-refractivity contribution < 1.29 is 38.7 Å². The van der Waals surface area contributed by atoms with Gasteiger partial charge in [-0.05, 0) is 176 Å². The summed E-state index contributed by atoms with van der Waals surface area (Å²) in [5.74, 6) is 7.54. The first-order valence-electron chi connectivity index (χ1n) is 38.1. The molecule has 11 rings (SSSR count). The molecular formula is C92H129ClFNO7. The Balaban J connectivity index is 0.000000215. The van der Waals surface area contributed by atoms with E-state index >= 15 is 0 Å². The van der Waals surface area contributed by atoms with Crippen molar-refractivity contribution in [3.63, 3.8) is 0 Å². The molecule has 558 valence electrons. The van der Waals surface area contributed by atoms with Crippen LogP contribution in [0.2, 0.25) is 5.02 Å². The van der Waals surface area contributed by atoms with Gasteiger partial charge in [0, 0.05) is 59.6 Å². The average Bonchev–Trinajstić information content (AvgIpc) is 0.942. The number of ether oxygens (including phenoxy) is 2. The summed E-state index contributed by atoms with van der Waals surface area (Å²) in [6.45, 7) is 40.1. The maximum absolute atomic E-state index is 12.7. The van der Waals surface area contributed by atoms with E-state index in [4.69, 9.17) is 25.5 Å². The molecule has 3 aliphatic rings. The second-order valence-electron chi connectivity index (χ2n) is 31.3. The first kappa shape index (κ1) is 86.2. The van der Waals surface area contributed by atoms with E-state index in [2.05, 4.69) is 219 Å². The number of fused-ring (bicyclic) bond motifs is 1. The van der Waals surface area contributed by atoms with Crippen LogP contribution in [0, 0.1) is 61.1 Å². The van der Waals surface area contributed by atoms with Crippen molar-refractivity contribution in [2.75, 3.05) is 20.3 Å². The number of rotatable bonds is 20. The lowest BCUT2D eigenvalue weighted by molar-refractivity contribution is -0.0692. The van der Waals surface area contributed by atoms with Crippen LogP contribution in [0.25, 0.3) is 0 Å². The Hall–Kier alpha value is -6.43. The van der Waals surface area contributed by atoms with E-state index in [9.17, 15) is 24.8 Å². The van der Waals surface area contributed by atoms with Gasteiger partial charge in [-0.2, -0.15) is 0 Å². The van der Waals surface area contributed by atoms with Crippen molar-refractivity contribution >= 4 is 11.6 Å². The minimum Gasteiger partial charge on any atom is -0.493 e. The minimum absolute atomic E-state index is 0.186. The number of hydrogen-bond donors (Lipinski definition) is 4. The van der Waals surface area contributed by atoms with Crippen LogP contribution in [0.1, 0.15) is 259 Å². The van der Waals surface area contributed by atoms with Crippen LogP contribution in [0.15, 0.2) is 199 Å². The molecule has 8 nitrogen and oxygen atoms in total. The van der Waals surface area contributed by atoms with Gasteiger partial charge >= 0.3 is 0 Å². The number of benzene rings is 7. The lowest BCUT2D eigenvalue weighted by atomic mass is 9.65. The first-order chi connectivity index (χ1) is 48.5. The smallest absolute Gasteiger partial charge is 0.180 e. The van der Waals surface area contributed by atoms with Crippen molar-refractivity contribution in [2.24, 2.45) is 41.4 Å². The van der Waals surface area contributed by atoms with E-state index in [0.29, 0.717) is 66.5 Å². The largest absolute Gasteiger partial charge is 0.493 e. The molecule has 0 bridgehead atoms. The Kier molecular flexibility index (Phi) is 36.4. The number of aliphatic hydroxyl groups is 4. The predicted molar refractivity (Wildman–Crippen MR) is 426 cm³/mol. The normalized spacial score (nSPS) is 17.6. The van der Waals surface area contributed by atoms with Gasteiger partial charge in [0.1, 0.15) is 17.3 Å². The van der Waals surface area contributed by atoms with Gasteiger partial charge in [0.05, 0.1) is 42.8 Å². The third-order valence-electron chi connectivity index (χ3n) is 20.9. The number of para-hydroxylation sites is 1. The number of aliphatic hydroxyl groups excluding tert-OH is 2. The molecule has 7 aromatic carbocycles. The fraction of sp³-hybridized carbons (Fsp3) is 0.511. The van der Waals surface area contributed by atoms with Gasteiger partial charge in [0.2, 0.25) is 0 Å². The lowest BCUT2D eigenvalue weighted by Crippen LogP contribution is -2.45. The molecule has 10 heteroatoms. The van der Waals surface area contributed by atoms with Crippen LogP contribution < -0.4 is 4.74 Å². The lowest BCUT2D eigenvalue weighted by Gasteiger charge is -2.45. The van der Waals surface area contributed by atoms with Gasteiger partial charge in [-0.3, -0.25) is 0 Å². The molecule has 1 unspecified atom stereocenters. The molecule has 2 saturated carbocycles. The molecule has 8 aromatic rings. The molecule has 9 atom stereocenters. The summed E-state index contributed by atoms with van der Waals surface area (Å²) in [4.78, 5) is 3.99. The molecular weight excluding hydrogens is 1290 g/mol. The van der Waals surface area contributed by atoms with E-state index in [-0.39, 0.29) is 35.8 Å². The highest BCUT2D eigenvalue weighted by Crippen LogP contribution is 2.49. The van der Waals surface area contributed by atoms with Crippen molar-refractivity contribution in [1.82, 2.24) is 4.98 Å². The Morgan fingerprint density at radius 3 is 1.42 bits per heavy atom. The molecule has 2 aliphatic carbocycles. The van der Waals surface area contributed by atoms with Gasteiger partial charge in [-0.15, -0.1) is 0 Å². The van der Waals surface area contributed by atoms with Crippen molar-refractivity contribution in [1.29, 1.82) is 0 Å². The van der Waals surface area contributed by atoms with Gasteiger partial charge in [-0.1, -0.05) is 279 Å². The standard InChI is InChI=1S/C15H22O.C14H16ClNO.C14H20O.C13H18O2.C12H17FO.C12H18O.C12H18/c1-11(2)14(15(16)9-4-10-15)13-7-5-12(3)6-8-13;1-9(2)14(13-7-16-8-17-13)11-5-4-10(3)12(15)6-11;1-11(2)13(14(15)9-6-10-14)12-7-4-3-5-8-12;1-9(2)13-10-5-3-4-6-12(10)15-8-7-11(13)14;1-9(2)12(8-14-3)10-4-6-11(13)7-5-10;1-9(2)12(10(3)13)11-7-5-4-6-8-11;1-4-12(10(2)3)11-8-6-5-7-9-11/h5-8,11,14,16H,4,9-10H2,1-3H3;4-9,14H,1-3H3;3-5,7-8,11,13,15H,6,9-10H2,1-2H3;3-6,9,11,13-14H,7-8H2,1-2H3;4-7,9,12H,8H2,1-3H3;4-10,12-13H,1-3H3;5-10,12H,4H2,1-3H3/t14-;;13-;11-,13+;12-;10-,12+;12-/m0.01000/s1. The Morgan fingerprint density at radius 1 is 0.549 bits per heavy atom. The molecule has 102 heavy (non-hydrogen) atoms. The number of oxazole rings is 1. The van der Waals surface area contributed by atoms with Crippen LogP contribution in [0.5, 0.6) is 5.75 Å². The van der Waals surface area contributed by atoms with E-state index in [1.54, 1.807) is 13.3 Å². The van der Waals surface area contributed by atoms with E-state index in [1.165, 1.54) is 71.2 Å². The second kappa shape index (κ2) is 43.1. The summed E-state index contributed by atoms with van der Waals surface area (Å²) in [6.07, 6.45) is 10.8. The maximum Gasteiger partial charge on any atom is 0.180 e. The van der Waals surface area contributed by atoms with Crippen LogP contribution in [0.3, 0.4) is 0 Å². The third-order valence-corrected chi connectivity index (χ3v) is 21.3. The molecule has 0 radical (unpaired) electrons. The number of hydrogen-bond acceptors (Lipinski definition) is 8. The number of halogens is 2. The van der Waals surface area contributed by atoms with Gasteiger partial charge in [0.25, 0.3) is 0 Å². The van der Waals surface area contributed by atoms with Gasteiger partial charge < -0.3 is 34.3 Å². The van der Waals surface area contributed by atoms with Gasteiger partial charge in [-0.25, -0.2) is 9.37 Å². The molecule has 2 heterocycles. The second-order valence-corrected chi connectivity index (χ2v) is 31.7. The summed E-state index contributed by atoms with van der Waals surface area (Å²) >= 11 is 6.18. The van der Waals surface area contributed by atoms with E-state index in [0.717, 1.165) is 77.2 Å². The molecule has 0 amide bonds. The zero-order chi connectivity index (χ0) is 75.3. The van der Waals surface area contributed by atoms with Crippen LogP contribution in [0.4, 0.5) is 4.39 Å². The third kappa shape index (κ3) is 26.0. The fourth-order valence-corrected chi connectivity index (χ4v) is 15.6. The highest BCUT2D eigenvalue weighted by Gasteiger charge is 2.45. The molecule has 4 N–H and O–H groups in total. The number of aromatic nitrogens is 1. The molecule has 2 fully saturated rings. The SMILES string of the molecule is CC(C)[C@@H](c1ccccc1)C1(O)CCC1.CC(C)[C@@H](c1ccccc1)[C@H](C)O.CC(C)[C@H]1c2ccccc2OCC[C@H]1O.CC[C@H](c1ccccc1)C(C)C.COC[C@H](c1ccc(F)cc1)C(C)C.Cc1ccc(C(c2cnco2)C(C)C)cc1Cl.Cc1ccc([C@H](C(C)C)C2(O)CCC2)cc1. The van der Waals surface area contributed by atoms with Crippen LogP contribution in [-0.2, 0) is 4.74 Å². The van der Waals surface area contributed by atoms with Crippen molar-refractivity contribution in [3.8, 4) is 5.75 Å². The Bertz CT molecular complexity index is 3500. The zero-order valence-electron chi connectivity index (χ0n) is 65.5. The topological polar surface area (TPSA) is 125 Å². The predicted octanol–water partition coefficient (Wildman–Crippen LogP) is 23.8. The average molecular weight is 1420 g/mol. The fourth-order valence-electron chi connectivity index (χ4n) is 15.4. The monoisotopic (exact) mass is 1410 g/mol. The maximum atomic E-state index is 12.7. The van der Waals surface area contributed by atoms with Crippen molar-refractivity contribution in [3.05, 3.63) is 261 Å². The summed E-state index contributed by atoms with van der Waals surface area (Å²) in [7, 11) is 1.69. The summed E-state index contributed by atoms with van der Waals surface area (Å²) in [5.41, 5.74) is 10.3. The molecule has 1 aliphatic heterocycles. The number of methoxy groups -OCH3 is 1. The quantitative estimate of drug-likeness (QED) is 0.0595. The highest BCUT2D eigenvalue weighted by atomic mass is 35.5. The zero-order valence-corrected chi connectivity index (χ0v) is 66.3. The van der Waals surface area contributed by atoms with E-state index < -0.39 is 11.2 Å². The Labute approximate surface area is 621 Å². The number of nitrogens with zero attached hydrogens (tertiary/aromatic N) is 1. The molecule has 0 saturated heterocycles. The first-order valence-corrected chi connectivity index (χ1v) is 38.5.